The zero-order chi connectivity index (χ0) is 16.9. The van der Waals surface area contributed by atoms with Crippen molar-refractivity contribution in [3.63, 3.8) is 0 Å². The number of hydrogen-bond donors (Lipinski definition) is 1. The highest BCUT2D eigenvalue weighted by atomic mass is 16.5. The zero-order valence-electron chi connectivity index (χ0n) is 14.3. The third-order valence-electron chi connectivity index (χ3n) is 3.94. The van der Waals surface area contributed by atoms with Gasteiger partial charge in [-0.05, 0) is 13.0 Å². The molecule has 0 bridgehead atoms. The number of nitrogens with one attached hydrogen (secondary N) is 1. The summed E-state index contributed by atoms with van der Waals surface area (Å²) in [5.41, 5.74) is 2.03. The molecule has 8 heteroatoms. The van der Waals surface area contributed by atoms with Crippen LogP contribution in [0, 0.1) is 6.92 Å². The van der Waals surface area contributed by atoms with Gasteiger partial charge in [0.1, 0.15) is 11.9 Å². The molecule has 3 rings (SSSR count). The van der Waals surface area contributed by atoms with Gasteiger partial charge in [-0.3, -0.25) is 9.67 Å². The Hall–Kier alpha value is -2.48. The molecule has 0 amide bonds. The number of aryl methyl sites for hydroxylation is 2. The first-order chi connectivity index (χ1) is 11.7. The Balaban J connectivity index is 1.62. The van der Waals surface area contributed by atoms with E-state index in [4.69, 9.17) is 4.74 Å². The second-order valence-corrected chi connectivity index (χ2v) is 5.75. The van der Waals surface area contributed by atoms with E-state index in [1.807, 2.05) is 32.4 Å². The molecule has 0 radical (unpaired) electrons. The summed E-state index contributed by atoms with van der Waals surface area (Å²) in [5, 5.41) is 7.59. The molecule has 1 atom stereocenters. The molecule has 0 aliphatic carbocycles. The molecule has 1 aliphatic heterocycles. The molecule has 2 aromatic rings. The second-order valence-electron chi connectivity index (χ2n) is 5.75. The van der Waals surface area contributed by atoms with Gasteiger partial charge in [0.25, 0.3) is 0 Å². The van der Waals surface area contributed by atoms with Crippen molar-refractivity contribution in [2.24, 2.45) is 12.0 Å². The molecule has 0 spiro atoms. The summed E-state index contributed by atoms with van der Waals surface area (Å²) in [7, 11) is 3.70. The van der Waals surface area contributed by atoms with Gasteiger partial charge in [0.2, 0.25) is 0 Å². The lowest BCUT2D eigenvalue weighted by atomic mass is 10.1. The van der Waals surface area contributed by atoms with Crippen molar-refractivity contribution in [2.75, 3.05) is 26.7 Å². The maximum Gasteiger partial charge on any atom is 0.194 e. The minimum absolute atomic E-state index is 0.00675. The van der Waals surface area contributed by atoms with Crippen LogP contribution in [0.1, 0.15) is 23.2 Å². The van der Waals surface area contributed by atoms with E-state index in [0.717, 1.165) is 36.1 Å². The minimum Gasteiger partial charge on any atom is -0.370 e. The molecular formula is C16H23N7O. The monoisotopic (exact) mass is 329 g/mol. The highest BCUT2D eigenvalue weighted by Crippen LogP contribution is 2.21. The van der Waals surface area contributed by atoms with Crippen LogP contribution in [-0.2, 0) is 18.3 Å². The van der Waals surface area contributed by atoms with Crippen molar-refractivity contribution in [3.8, 4) is 0 Å². The molecule has 2 aromatic heterocycles. The van der Waals surface area contributed by atoms with Crippen molar-refractivity contribution in [1.82, 2.24) is 30.0 Å². The third-order valence-corrected chi connectivity index (χ3v) is 3.94. The summed E-state index contributed by atoms with van der Waals surface area (Å²) in [4.78, 5) is 15.1. The van der Waals surface area contributed by atoms with E-state index >= 15 is 0 Å². The Labute approximate surface area is 141 Å². The molecule has 1 N–H and O–H groups in total. The lowest BCUT2D eigenvalue weighted by Gasteiger charge is -2.34. The first-order valence-corrected chi connectivity index (χ1v) is 8.00. The van der Waals surface area contributed by atoms with Crippen molar-refractivity contribution in [1.29, 1.82) is 0 Å². The van der Waals surface area contributed by atoms with Crippen LogP contribution in [0.3, 0.4) is 0 Å². The van der Waals surface area contributed by atoms with Crippen LogP contribution in [0.4, 0.5) is 0 Å². The topological polar surface area (TPSA) is 80.5 Å². The third kappa shape index (κ3) is 3.88. The first-order valence-electron chi connectivity index (χ1n) is 8.00. The number of nitrogens with zero attached hydrogens (tertiary/aromatic N) is 6. The van der Waals surface area contributed by atoms with E-state index in [-0.39, 0.29) is 6.10 Å². The Morgan fingerprint density at radius 1 is 1.50 bits per heavy atom. The van der Waals surface area contributed by atoms with Gasteiger partial charge in [0.15, 0.2) is 5.96 Å². The molecule has 0 saturated carbocycles. The SMILES string of the molecule is CN=C(NCc1ccnc(C)n1)N1CCOC(c2cnn(C)c2)C1. The predicted molar refractivity (Wildman–Crippen MR) is 90.4 cm³/mol. The maximum atomic E-state index is 5.88. The molecular weight excluding hydrogens is 306 g/mol. The number of hydrogen-bond acceptors (Lipinski definition) is 5. The smallest absolute Gasteiger partial charge is 0.194 e. The molecule has 0 aromatic carbocycles. The lowest BCUT2D eigenvalue weighted by Crippen LogP contribution is -2.48. The Kier molecular flexibility index (Phi) is 5.05. The fourth-order valence-corrected chi connectivity index (χ4v) is 2.76. The first kappa shape index (κ1) is 16.4. The van der Waals surface area contributed by atoms with Gasteiger partial charge < -0.3 is 15.0 Å². The van der Waals surface area contributed by atoms with Gasteiger partial charge in [-0.1, -0.05) is 0 Å². The summed E-state index contributed by atoms with van der Waals surface area (Å²) < 4.78 is 7.68. The average molecular weight is 329 g/mol. The molecule has 3 heterocycles. The highest BCUT2D eigenvalue weighted by Gasteiger charge is 2.25. The van der Waals surface area contributed by atoms with E-state index < -0.39 is 0 Å². The molecule has 1 aliphatic rings. The number of guanidine groups is 1. The summed E-state index contributed by atoms with van der Waals surface area (Å²) in [6.07, 6.45) is 5.63. The maximum absolute atomic E-state index is 5.88. The second kappa shape index (κ2) is 7.39. The fourth-order valence-electron chi connectivity index (χ4n) is 2.76. The summed E-state index contributed by atoms with van der Waals surface area (Å²) in [5.74, 6) is 1.62. The van der Waals surface area contributed by atoms with Crippen LogP contribution < -0.4 is 5.32 Å². The van der Waals surface area contributed by atoms with E-state index in [1.165, 1.54) is 0 Å². The van der Waals surface area contributed by atoms with Crippen LogP contribution in [-0.4, -0.2) is 57.4 Å². The Bertz CT molecular complexity index is 712. The van der Waals surface area contributed by atoms with Crippen LogP contribution in [0.2, 0.25) is 0 Å². The molecule has 1 fully saturated rings. The van der Waals surface area contributed by atoms with Crippen molar-refractivity contribution in [3.05, 3.63) is 41.7 Å². The number of ether oxygens (including phenoxy) is 1. The van der Waals surface area contributed by atoms with Gasteiger partial charge in [-0.15, -0.1) is 0 Å². The van der Waals surface area contributed by atoms with E-state index in [0.29, 0.717) is 13.2 Å². The largest absolute Gasteiger partial charge is 0.370 e. The van der Waals surface area contributed by atoms with Gasteiger partial charge in [0.05, 0.1) is 31.6 Å². The zero-order valence-corrected chi connectivity index (χ0v) is 14.3. The summed E-state index contributed by atoms with van der Waals surface area (Å²) >= 11 is 0. The lowest BCUT2D eigenvalue weighted by molar-refractivity contribution is -0.00805. The number of aromatic nitrogens is 4. The van der Waals surface area contributed by atoms with Crippen LogP contribution in [0.25, 0.3) is 0 Å². The van der Waals surface area contributed by atoms with Crippen LogP contribution in [0.5, 0.6) is 0 Å². The van der Waals surface area contributed by atoms with E-state index in [2.05, 4.69) is 30.3 Å². The summed E-state index contributed by atoms with van der Waals surface area (Å²) in [6, 6.07) is 1.91. The average Bonchev–Trinajstić information content (AvgIpc) is 3.02. The highest BCUT2D eigenvalue weighted by molar-refractivity contribution is 5.80. The molecule has 128 valence electrons. The quantitative estimate of drug-likeness (QED) is 0.658. The molecule has 1 saturated heterocycles. The van der Waals surface area contributed by atoms with Gasteiger partial charge in [0, 0.05) is 38.6 Å². The van der Waals surface area contributed by atoms with Crippen LogP contribution >= 0.6 is 0 Å². The van der Waals surface area contributed by atoms with E-state index in [9.17, 15) is 0 Å². The van der Waals surface area contributed by atoms with E-state index in [1.54, 1.807) is 17.9 Å². The van der Waals surface area contributed by atoms with Crippen LogP contribution in [0.15, 0.2) is 29.6 Å². The normalized spacial score (nSPS) is 18.7. The Morgan fingerprint density at radius 3 is 3.08 bits per heavy atom. The standard InChI is InChI=1S/C16H23N7O/c1-12-18-5-4-14(21-12)9-19-16(17-2)23-6-7-24-15(11-23)13-8-20-22(3)10-13/h4-5,8,10,15H,6-7,9,11H2,1-3H3,(H,17,19). The molecule has 24 heavy (non-hydrogen) atoms. The van der Waals surface area contributed by atoms with Gasteiger partial charge in [-0.25, -0.2) is 9.97 Å². The van der Waals surface area contributed by atoms with Gasteiger partial charge in [-0.2, -0.15) is 5.10 Å². The predicted octanol–water partition coefficient (Wildman–Crippen LogP) is 0.667. The molecule has 8 nitrogen and oxygen atoms in total. The van der Waals surface area contributed by atoms with Crippen molar-refractivity contribution >= 4 is 5.96 Å². The van der Waals surface area contributed by atoms with Crippen molar-refractivity contribution < 1.29 is 4.74 Å². The summed E-state index contributed by atoms with van der Waals surface area (Å²) in [6.45, 7) is 4.71. The molecule has 1 unspecified atom stereocenters. The number of aliphatic imine (C=N–C) groups is 1. The minimum atomic E-state index is 0.00675. The number of morpholine rings is 1. The van der Waals surface area contributed by atoms with Crippen molar-refractivity contribution in [2.45, 2.75) is 19.6 Å². The number of rotatable bonds is 3. The van der Waals surface area contributed by atoms with Gasteiger partial charge >= 0.3 is 0 Å². The Morgan fingerprint density at radius 2 is 2.38 bits per heavy atom. The fraction of sp³-hybridized carbons (Fsp3) is 0.500.